The van der Waals surface area contributed by atoms with Crippen LogP contribution in [0.3, 0.4) is 0 Å². The molecule has 6 heteroatoms. The second-order valence-corrected chi connectivity index (χ2v) is 11.0. The third kappa shape index (κ3) is 30.4. The van der Waals surface area contributed by atoms with E-state index < -0.39 is 5.97 Å². The summed E-state index contributed by atoms with van der Waals surface area (Å²) in [6, 6.07) is 0. The number of carboxylic acids is 1. The van der Waals surface area contributed by atoms with Gasteiger partial charge in [-0.15, -0.1) is 0 Å². The van der Waals surface area contributed by atoms with Crippen LogP contribution in [-0.4, -0.2) is 35.6 Å². The number of carbonyl (C=O) groups excluding carboxylic acids is 2. The van der Waals surface area contributed by atoms with Gasteiger partial charge in [-0.2, -0.15) is 0 Å². The molecule has 0 radical (unpaired) electrons. The normalized spacial score (nSPS) is 12.4. The summed E-state index contributed by atoms with van der Waals surface area (Å²) in [6.45, 7) is 4.06. The Hall–Kier alpha value is -2.37. The fraction of sp³-hybridized carbons (Fsp3) is 0.743. The minimum Gasteiger partial charge on any atom is -0.480 e. The van der Waals surface area contributed by atoms with E-state index in [2.05, 4.69) is 55.6 Å². The first-order chi connectivity index (χ1) is 20.0. The van der Waals surface area contributed by atoms with Crippen LogP contribution in [0.5, 0.6) is 0 Å². The Morgan fingerprint density at radius 3 is 1.83 bits per heavy atom. The number of hydrogen-bond acceptors (Lipinski definition) is 4. The summed E-state index contributed by atoms with van der Waals surface area (Å²) >= 11 is 0. The number of carbonyl (C=O) groups is 3. The monoisotopic (exact) mass is 575 g/mol. The lowest BCUT2D eigenvalue weighted by atomic mass is 10.0. The Morgan fingerprint density at radius 2 is 1.20 bits per heavy atom. The molecule has 0 fully saturated rings. The molecule has 0 aromatic carbocycles. The SMILES string of the molecule is CC/C=C\C/C=C\C/C=C\CCCCCC(=O)OC(CCCCCCCC)CCCCCCCC(=O)NCC(=O)O. The molecule has 0 aromatic rings. The molecule has 0 aliphatic carbocycles. The zero-order valence-electron chi connectivity index (χ0n) is 26.4. The fourth-order valence-corrected chi connectivity index (χ4v) is 4.64. The lowest BCUT2D eigenvalue weighted by Crippen LogP contribution is -2.28. The van der Waals surface area contributed by atoms with Crippen molar-refractivity contribution in [1.82, 2.24) is 5.32 Å². The van der Waals surface area contributed by atoms with Gasteiger partial charge in [0.05, 0.1) is 0 Å². The summed E-state index contributed by atoms with van der Waals surface area (Å²) in [5, 5.41) is 11.0. The summed E-state index contributed by atoms with van der Waals surface area (Å²) in [5.74, 6) is -1.27. The van der Waals surface area contributed by atoms with Gasteiger partial charge in [0.2, 0.25) is 5.91 Å². The van der Waals surface area contributed by atoms with Crippen LogP contribution >= 0.6 is 0 Å². The average Bonchev–Trinajstić information content (AvgIpc) is 2.95. The second-order valence-electron chi connectivity index (χ2n) is 11.0. The molecule has 0 bridgehead atoms. The van der Waals surface area contributed by atoms with Gasteiger partial charge < -0.3 is 15.2 Å². The molecule has 41 heavy (non-hydrogen) atoms. The maximum atomic E-state index is 12.5. The van der Waals surface area contributed by atoms with E-state index in [1.165, 1.54) is 32.1 Å². The van der Waals surface area contributed by atoms with Crippen LogP contribution in [-0.2, 0) is 19.1 Å². The van der Waals surface area contributed by atoms with Crippen LogP contribution < -0.4 is 5.32 Å². The molecular weight excluding hydrogens is 514 g/mol. The molecule has 0 aliphatic heterocycles. The molecule has 0 heterocycles. The highest BCUT2D eigenvalue weighted by Crippen LogP contribution is 2.18. The van der Waals surface area contributed by atoms with Crippen molar-refractivity contribution in [3.63, 3.8) is 0 Å². The second kappa shape index (κ2) is 30.6. The van der Waals surface area contributed by atoms with Crippen LogP contribution in [0.25, 0.3) is 0 Å². The summed E-state index contributed by atoms with van der Waals surface area (Å²) in [5.41, 5.74) is 0. The van der Waals surface area contributed by atoms with Crippen molar-refractivity contribution in [3.05, 3.63) is 36.5 Å². The first kappa shape index (κ1) is 38.6. The van der Waals surface area contributed by atoms with Crippen molar-refractivity contribution in [2.75, 3.05) is 6.54 Å². The molecule has 236 valence electrons. The van der Waals surface area contributed by atoms with E-state index in [0.717, 1.165) is 96.3 Å². The van der Waals surface area contributed by atoms with E-state index in [1.807, 2.05) is 0 Å². The van der Waals surface area contributed by atoms with Gasteiger partial charge >= 0.3 is 11.9 Å². The number of unbranched alkanes of at least 4 members (excludes halogenated alkanes) is 12. The number of amides is 1. The fourth-order valence-electron chi connectivity index (χ4n) is 4.64. The summed E-state index contributed by atoms with van der Waals surface area (Å²) in [6.07, 6.45) is 35.5. The third-order valence-corrected chi connectivity index (χ3v) is 7.08. The molecule has 0 saturated heterocycles. The minimum atomic E-state index is -1.02. The van der Waals surface area contributed by atoms with E-state index in [4.69, 9.17) is 9.84 Å². The first-order valence-corrected chi connectivity index (χ1v) is 16.6. The van der Waals surface area contributed by atoms with Gasteiger partial charge in [-0.05, 0) is 70.6 Å². The lowest BCUT2D eigenvalue weighted by molar-refractivity contribution is -0.150. The van der Waals surface area contributed by atoms with Crippen molar-refractivity contribution >= 4 is 17.8 Å². The predicted octanol–water partition coefficient (Wildman–Crippen LogP) is 9.39. The Balaban J connectivity index is 4.13. The zero-order chi connectivity index (χ0) is 30.2. The Bertz CT molecular complexity index is 728. The Labute approximate surface area is 251 Å². The highest BCUT2D eigenvalue weighted by molar-refractivity contribution is 5.80. The predicted molar refractivity (Wildman–Crippen MR) is 171 cm³/mol. The molecule has 1 amide bonds. The van der Waals surface area contributed by atoms with Gasteiger partial charge in [-0.3, -0.25) is 14.4 Å². The number of carboxylic acid groups (broad SMARTS) is 1. The van der Waals surface area contributed by atoms with Gasteiger partial charge in [-0.1, -0.05) is 108 Å². The standard InChI is InChI=1S/C35H61NO5/c1-3-5-7-9-11-12-13-14-15-16-17-22-26-30-35(40)41-32(27-23-19-10-8-6-4-2)28-24-20-18-21-25-29-33(37)36-31-34(38)39/h5,7,11-12,14-15,32H,3-4,6,8-10,13,16-31H2,1-2H3,(H,36,37)(H,38,39)/b7-5-,12-11-,15-14-. The van der Waals surface area contributed by atoms with E-state index >= 15 is 0 Å². The lowest BCUT2D eigenvalue weighted by Gasteiger charge is -2.18. The van der Waals surface area contributed by atoms with E-state index in [0.29, 0.717) is 12.8 Å². The Kier molecular flexibility index (Phi) is 28.8. The highest BCUT2D eigenvalue weighted by atomic mass is 16.5. The zero-order valence-corrected chi connectivity index (χ0v) is 26.4. The van der Waals surface area contributed by atoms with Gasteiger partial charge in [0.1, 0.15) is 12.6 Å². The Morgan fingerprint density at radius 1 is 0.659 bits per heavy atom. The van der Waals surface area contributed by atoms with Crippen LogP contribution in [0.1, 0.15) is 155 Å². The van der Waals surface area contributed by atoms with Crippen molar-refractivity contribution in [2.45, 2.75) is 161 Å². The highest BCUT2D eigenvalue weighted by Gasteiger charge is 2.14. The largest absolute Gasteiger partial charge is 0.480 e. The van der Waals surface area contributed by atoms with Crippen molar-refractivity contribution in [1.29, 1.82) is 0 Å². The number of ether oxygens (including phenoxy) is 1. The summed E-state index contributed by atoms with van der Waals surface area (Å²) < 4.78 is 5.92. The van der Waals surface area contributed by atoms with Crippen LogP contribution in [0, 0.1) is 0 Å². The maximum absolute atomic E-state index is 12.5. The number of rotatable bonds is 29. The quantitative estimate of drug-likeness (QED) is 0.0526. The molecule has 0 spiro atoms. The molecule has 0 aromatic heterocycles. The smallest absolute Gasteiger partial charge is 0.322 e. The molecular formula is C35H61NO5. The van der Waals surface area contributed by atoms with Crippen LogP contribution in [0.4, 0.5) is 0 Å². The molecule has 1 unspecified atom stereocenters. The molecule has 1 atom stereocenters. The summed E-state index contributed by atoms with van der Waals surface area (Å²) in [7, 11) is 0. The van der Waals surface area contributed by atoms with E-state index in [9.17, 15) is 14.4 Å². The van der Waals surface area contributed by atoms with Gasteiger partial charge in [0, 0.05) is 12.8 Å². The molecule has 0 rings (SSSR count). The third-order valence-electron chi connectivity index (χ3n) is 7.08. The number of hydrogen-bond donors (Lipinski definition) is 2. The van der Waals surface area contributed by atoms with Crippen molar-refractivity contribution in [2.24, 2.45) is 0 Å². The number of esters is 1. The van der Waals surface area contributed by atoms with Crippen molar-refractivity contribution < 1.29 is 24.2 Å². The molecule has 0 saturated carbocycles. The van der Waals surface area contributed by atoms with Crippen LogP contribution in [0.15, 0.2) is 36.5 Å². The molecule has 2 N–H and O–H groups in total. The van der Waals surface area contributed by atoms with E-state index in [1.54, 1.807) is 0 Å². The first-order valence-electron chi connectivity index (χ1n) is 16.6. The molecule has 6 nitrogen and oxygen atoms in total. The van der Waals surface area contributed by atoms with Gasteiger partial charge in [-0.25, -0.2) is 0 Å². The topological polar surface area (TPSA) is 92.7 Å². The summed E-state index contributed by atoms with van der Waals surface area (Å²) in [4.78, 5) is 34.6. The minimum absolute atomic E-state index is 0.0175. The maximum Gasteiger partial charge on any atom is 0.322 e. The van der Waals surface area contributed by atoms with Crippen molar-refractivity contribution in [3.8, 4) is 0 Å². The van der Waals surface area contributed by atoms with Gasteiger partial charge in [0.15, 0.2) is 0 Å². The molecule has 0 aliphatic rings. The number of nitrogens with one attached hydrogen (secondary N) is 1. The number of aliphatic carboxylic acids is 1. The van der Waals surface area contributed by atoms with Crippen LogP contribution in [0.2, 0.25) is 0 Å². The number of allylic oxidation sites excluding steroid dienone is 6. The average molecular weight is 576 g/mol. The van der Waals surface area contributed by atoms with E-state index in [-0.39, 0.29) is 24.5 Å². The van der Waals surface area contributed by atoms with Gasteiger partial charge in [0.25, 0.3) is 0 Å².